The molecule has 19 heavy (non-hydrogen) atoms. The number of nitrogens with zero attached hydrogens (tertiary/aromatic N) is 1. The summed E-state index contributed by atoms with van der Waals surface area (Å²) < 4.78 is 1.74. The summed E-state index contributed by atoms with van der Waals surface area (Å²) in [5.74, 6) is -2.89. The lowest BCUT2D eigenvalue weighted by Crippen LogP contribution is -2.45. The molecule has 0 aliphatic heterocycles. The van der Waals surface area contributed by atoms with Crippen LogP contribution < -0.4 is 15.4 Å². The second kappa shape index (κ2) is 6.39. The third kappa shape index (κ3) is 4.66. The van der Waals surface area contributed by atoms with E-state index in [1.165, 1.54) is 6.92 Å². The molecule has 0 aliphatic carbocycles. The number of carbonyl (C=O) groups excluding carboxylic acids is 4. The number of carbonyl (C=O) groups is 4. The molecular formula is C12H14N3O4+. The van der Waals surface area contributed by atoms with Crippen LogP contribution in [0.5, 0.6) is 0 Å². The largest absolute Gasteiger partial charge is 0.306 e. The topological polar surface area (TPSA) is 96.2 Å². The first-order valence-corrected chi connectivity index (χ1v) is 5.48. The van der Waals surface area contributed by atoms with Gasteiger partial charge in [0.25, 0.3) is 5.91 Å². The number of hydrogen-bond donors (Lipinski definition) is 2. The second-order valence-corrected chi connectivity index (χ2v) is 3.96. The Labute approximate surface area is 109 Å². The number of rotatable bonds is 4. The van der Waals surface area contributed by atoms with E-state index in [-0.39, 0.29) is 0 Å². The van der Waals surface area contributed by atoms with E-state index in [0.717, 1.165) is 0 Å². The summed E-state index contributed by atoms with van der Waals surface area (Å²) >= 11 is 0. The lowest BCUT2D eigenvalue weighted by molar-refractivity contribution is -0.671. The molecule has 0 aliphatic rings. The number of pyridine rings is 1. The van der Waals surface area contributed by atoms with E-state index in [1.807, 2.05) is 5.43 Å². The molecule has 0 atom stereocenters. The van der Waals surface area contributed by atoms with Crippen molar-refractivity contribution >= 4 is 23.4 Å². The summed E-state index contributed by atoms with van der Waals surface area (Å²) in [7, 11) is 1.80. The van der Waals surface area contributed by atoms with Gasteiger partial charge in [0.15, 0.2) is 12.4 Å². The number of aryl methyl sites for hydroxylation is 1. The fraction of sp³-hybridized carbons (Fsp3) is 0.250. The second-order valence-electron chi connectivity index (χ2n) is 3.96. The van der Waals surface area contributed by atoms with E-state index >= 15 is 0 Å². The highest BCUT2D eigenvalue weighted by Crippen LogP contribution is 1.93. The van der Waals surface area contributed by atoms with Crippen LogP contribution in [0.1, 0.15) is 23.7 Å². The van der Waals surface area contributed by atoms with Gasteiger partial charge in [0.2, 0.25) is 5.78 Å². The van der Waals surface area contributed by atoms with Crippen LogP contribution >= 0.6 is 0 Å². The normalized spacial score (nSPS) is 9.58. The molecule has 1 rings (SSSR count). The average molecular weight is 264 g/mol. The zero-order valence-electron chi connectivity index (χ0n) is 10.6. The summed E-state index contributed by atoms with van der Waals surface area (Å²) in [6, 6.07) is 3.11. The lowest BCUT2D eigenvalue weighted by Gasteiger charge is -2.05. The zero-order valence-corrected chi connectivity index (χ0v) is 10.6. The van der Waals surface area contributed by atoms with Gasteiger partial charge in [-0.1, -0.05) is 0 Å². The molecule has 1 aromatic rings. The smallest absolute Gasteiger partial charge is 0.300 e. The highest BCUT2D eigenvalue weighted by molar-refractivity contribution is 6.39. The van der Waals surface area contributed by atoms with Crippen molar-refractivity contribution in [3.63, 3.8) is 0 Å². The van der Waals surface area contributed by atoms with Gasteiger partial charge >= 0.3 is 5.91 Å². The molecule has 100 valence electrons. The predicted molar refractivity (Wildman–Crippen MR) is 63.5 cm³/mol. The maximum absolute atomic E-state index is 11.6. The minimum absolute atomic E-state index is 0.331. The van der Waals surface area contributed by atoms with Crippen molar-refractivity contribution in [2.75, 3.05) is 0 Å². The van der Waals surface area contributed by atoms with E-state index in [9.17, 15) is 19.2 Å². The Morgan fingerprint density at radius 2 is 1.68 bits per heavy atom. The van der Waals surface area contributed by atoms with Crippen LogP contribution in [0.25, 0.3) is 0 Å². The summed E-state index contributed by atoms with van der Waals surface area (Å²) in [5, 5.41) is 0. The zero-order chi connectivity index (χ0) is 14.4. The molecular weight excluding hydrogens is 250 g/mol. The standard InChI is InChI=1S/C12H13N3O4/c1-8(16)7-10(17)12(19)14-13-11(18)9-3-5-15(2)6-4-9/h3-6,18H,7H2,1-2H3/p+1. The Bertz CT molecular complexity index is 522. The molecule has 1 heterocycles. The van der Waals surface area contributed by atoms with Gasteiger partial charge in [-0.05, 0) is 6.92 Å². The molecule has 1 aromatic heterocycles. The van der Waals surface area contributed by atoms with Gasteiger partial charge in [-0.2, -0.15) is 0 Å². The first-order chi connectivity index (χ1) is 8.90. The van der Waals surface area contributed by atoms with E-state index in [1.54, 1.807) is 36.1 Å². The van der Waals surface area contributed by atoms with E-state index < -0.39 is 29.8 Å². The molecule has 0 spiro atoms. The van der Waals surface area contributed by atoms with Crippen LogP contribution in [0.4, 0.5) is 0 Å². The van der Waals surface area contributed by atoms with Gasteiger partial charge in [-0.3, -0.25) is 30.0 Å². The molecule has 0 aromatic carbocycles. The summed E-state index contributed by atoms with van der Waals surface area (Å²) in [6.07, 6.45) is 2.85. The number of hydrogen-bond acceptors (Lipinski definition) is 4. The average Bonchev–Trinajstić information content (AvgIpc) is 2.35. The molecule has 2 amide bonds. The summed E-state index contributed by atoms with van der Waals surface area (Å²) in [5.41, 5.74) is 4.38. The maximum Gasteiger partial charge on any atom is 0.306 e. The predicted octanol–water partition coefficient (Wildman–Crippen LogP) is -1.18. The van der Waals surface area contributed by atoms with Crippen LogP contribution in [-0.4, -0.2) is 23.4 Å². The van der Waals surface area contributed by atoms with Crippen molar-refractivity contribution in [2.24, 2.45) is 7.05 Å². The number of amides is 2. The Balaban J connectivity index is 2.50. The van der Waals surface area contributed by atoms with Crippen LogP contribution in [0.3, 0.4) is 0 Å². The first-order valence-electron chi connectivity index (χ1n) is 5.48. The number of hydrazine groups is 1. The van der Waals surface area contributed by atoms with Crippen molar-refractivity contribution in [2.45, 2.75) is 13.3 Å². The Morgan fingerprint density at radius 3 is 2.21 bits per heavy atom. The van der Waals surface area contributed by atoms with Gasteiger partial charge in [0.05, 0.1) is 12.0 Å². The van der Waals surface area contributed by atoms with Gasteiger partial charge in [0.1, 0.15) is 12.8 Å². The van der Waals surface area contributed by atoms with Crippen molar-refractivity contribution in [3.8, 4) is 0 Å². The van der Waals surface area contributed by atoms with Gasteiger partial charge < -0.3 is 0 Å². The maximum atomic E-state index is 11.6. The number of aromatic nitrogens is 1. The van der Waals surface area contributed by atoms with Crippen molar-refractivity contribution in [1.82, 2.24) is 10.9 Å². The Hall–Kier alpha value is -2.57. The van der Waals surface area contributed by atoms with Crippen LogP contribution in [0, 0.1) is 0 Å². The number of nitrogens with one attached hydrogen (secondary N) is 2. The molecule has 0 saturated carbocycles. The highest BCUT2D eigenvalue weighted by Gasteiger charge is 2.16. The first kappa shape index (κ1) is 14.5. The molecule has 0 fully saturated rings. The van der Waals surface area contributed by atoms with Crippen molar-refractivity contribution < 1.29 is 23.7 Å². The fourth-order valence-electron chi connectivity index (χ4n) is 1.21. The van der Waals surface area contributed by atoms with Crippen LogP contribution in [0.2, 0.25) is 0 Å². The highest BCUT2D eigenvalue weighted by atomic mass is 16.2. The van der Waals surface area contributed by atoms with Crippen molar-refractivity contribution in [3.05, 3.63) is 30.1 Å². The minimum Gasteiger partial charge on any atom is -0.300 e. The van der Waals surface area contributed by atoms with Crippen LogP contribution in [-0.2, 0) is 21.4 Å². The summed E-state index contributed by atoms with van der Waals surface area (Å²) in [6.45, 7) is 1.20. The third-order valence-electron chi connectivity index (χ3n) is 2.19. The van der Waals surface area contributed by atoms with E-state index in [4.69, 9.17) is 0 Å². The molecule has 7 nitrogen and oxygen atoms in total. The Morgan fingerprint density at radius 1 is 1.11 bits per heavy atom. The molecule has 0 bridgehead atoms. The number of ketones is 2. The molecule has 0 saturated heterocycles. The van der Waals surface area contributed by atoms with E-state index in [0.29, 0.717) is 5.56 Å². The van der Waals surface area contributed by atoms with Gasteiger partial charge in [0, 0.05) is 12.1 Å². The van der Waals surface area contributed by atoms with Crippen LogP contribution in [0.15, 0.2) is 24.5 Å². The van der Waals surface area contributed by atoms with E-state index in [2.05, 4.69) is 5.43 Å². The number of Topliss-reactive ketones (excluding diaryl/α,β-unsaturated/α-hetero) is 2. The molecule has 0 unspecified atom stereocenters. The Kier molecular flexibility index (Phi) is 4.87. The van der Waals surface area contributed by atoms with Crippen molar-refractivity contribution in [1.29, 1.82) is 0 Å². The molecule has 0 radical (unpaired) electrons. The lowest BCUT2D eigenvalue weighted by atomic mass is 10.2. The fourth-order valence-corrected chi connectivity index (χ4v) is 1.21. The van der Waals surface area contributed by atoms with Gasteiger partial charge in [-0.15, -0.1) is 0 Å². The minimum atomic E-state index is -1.02. The third-order valence-corrected chi connectivity index (χ3v) is 2.19. The summed E-state index contributed by atoms with van der Waals surface area (Å²) in [4.78, 5) is 44.6. The SMILES string of the molecule is CC(=O)CC(=O)C(=O)NNC(=O)c1cc[n+](C)cc1. The monoisotopic (exact) mass is 264 g/mol. The molecule has 7 heteroatoms. The quantitative estimate of drug-likeness (QED) is 0.310. The molecule has 2 N–H and O–H groups in total. The van der Waals surface area contributed by atoms with Gasteiger partial charge in [-0.25, -0.2) is 4.57 Å².